The zero-order valence-corrected chi connectivity index (χ0v) is 13.8. The molecule has 6 heteroatoms. The molecule has 0 aliphatic rings. The minimum Gasteiger partial charge on any atom is -0.309 e. The van der Waals surface area contributed by atoms with Gasteiger partial charge in [-0.3, -0.25) is 0 Å². The summed E-state index contributed by atoms with van der Waals surface area (Å²) >= 11 is 13.7. The second kappa shape index (κ2) is 7.36. The zero-order valence-electron chi connectivity index (χ0n) is 11.5. The monoisotopic (exact) mass is 329 g/mol. The highest BCUT2D eigenvalue weighted by atomic mass is 35.5. The van der Waals surface area contributed by atoms with E-state index < -0.39 is 0 Å². The second-order valence-electron chi connectivity index (χ2n) is 4.49. The molecule has 0 amide bonds. The van der Waals surface area contributed by atoms with Crippen molar-refractivity contribution in [2.45, 2.75) is 32.7 Å². The van der Waals surface area contributed by atoms with Gasteiger partial charge < -0.3 is 5.32 Å². The van der Waals surface area contributed by atoms with Gasteiger partial charge in [-0.2, -0.15) is 0 Å². The minimum absolute atomic E-state index is 0.189. The van der Waals surface area contributed by atoms with E-state index in [0.717, 1.165) is 30.6 Å². The van der Waals surface area contributed by atoms with Crippen LogP contribution in [0.25, 0.3) is 0 Å². The molecular formula is C14H17Cl2N3S. The van der Waals surface area contributed by atoms with Crippen LogP contribution in [0.4, 0.5) is 0 Å². The molecule has 1 aromatic carbocycles. The van der Waals surface area contributed by atoms with Crippen molar-refractivity contribution in [2.24, 2.45) is 0 Å². The maximum atomic E-state index is 6.27. The van der Waals surface area contributed by atoms with E-state index >= 15 is 0 Å². The largest absolute Gasteiger partial charge is 0.309 e. The Hall–Kier alpha value is -0.680. The topological polar surface area (TPSA) is 37.8 Å². The van der Waals surface area contributed by atoms with Gasteiger partial charge in [-0.15, -0.1) is 5.10 Å². The molecule has 1 unspecified atom stereocenters. The molecule has 0 saturated carbocycles. The molecule has 20 heavy (non-hydrogen) atoms. The van der Waals surface area contributed by atoms with Crippen molar-refractivity contribution in [3.05, 3.63) is 44.4 Å². The molecule has 2 aromatic rings. The highest BCUT2D eigenvalue weighted by Gasteiger charge is 2.19. The molecule has 1 atom stereocenters. The number of nitrogens with one attached hydrogen (secondary N) is 1. The van der Waals surface area contributed by atoms with E-state index in [2.05, 4.69) is 28.8 Å². The number of halogens is 2. The number of rotatable bonds is 6. The minimum atomic E-state index is 0.189. The van der Waals surface area contributed by atoms with Gasteiger partial charge in [0.15, 0.2) is 0 Å². The van der Waals surface area contributed by atoms with E-state index in [9.17, 15) is 0 Å². The van der Waals surface area contributed by atoms with Crippen molar-refractivity contribution in [1.29, 1.82) is 0 Å². The molecule has 1 aromatic heterocycles. The normalized spacial score (nSPS) is 12.6. The van der Waals surface area contributed by atoms with Crippen molar-refractivity contribution in [3.63, 3.8) is 0 Å². The van der Waals surface area contributed by atoms with Gasteiger partial charge in [0.25, 0.3) is 0 Å². The molecule has 0 saturated heterocycles. The van der Waals surface area contributed by atoms with E-state index in [-0.39, 0.29) is 6.04 Å². The summed E-state index contributed by atoms with van der Waals surface area (Å²) in [6.45, 7) is 5.08. The molecular weight excluding hydrogens is 313 g/mol. The molecule has 0 aliphatic carbocycles. The van der Waals surface area contributed by atoms with E-state index in [1.165, 1.54) is 16.4 Å². The molecule has 0 radical (unpaired) electrons. The Balaban J connectivity index is 2.25. The predicted octanol–water partition coefficient (Wildman–Crippen LogP) is 4.30. The molecule has 108 valence electrons. The third kappa shape index (κ3) is 3.70. The van der Waals surface area contributed by atoms with Crippen LogP contribution in [0.5, 0.6) is 0 Å². The summed E-state index contributed by atoms with van der Waals surface area (Å²) in [4.78, 5) is 1.19. The van der Waals surface area contributed by atoms with Gasteiger partial charge in [-0.1, -0.05) is 47.6 Å². The molecule has 0 fully saturated rings. The summed E-state index contributed by atoms with van der Waals surface area (Å²) in [5.41, 5.74) is 2.14. The number of nitrogens with zero attached hydrogens (tertiary/aromatic N) is 2. The lowest BCUT2D eigenvalue weighted by Crippen LogP contribution is -2.23. The fourth-order valence-electron chi connectivity index (χ4n) is 2.14. The van der Waals surface area contributed by atoms with E-state index in [0.29, 0.717) is 10.0 Å². The van der Waals surface area contributed by atoms with Gasteiger partial charge in [0.05, 0.1) is 10.6 Å². The van der Waals surface area contributed by atoms with Crippen LogP contribution in [0, 0.1) is 0 Å². The predicted molar refractivity (Wildman–Crippen MR) is 85.9 cm³/mol. The van der Waals surface area contributed by atoms with Crippen LogP contribution in [0.3, 0.4) is 0 Å². The maximum Gasteiger partial charge on any atom is 0.0801 e. The average Bonchev–Trinajstić information content (AvgIpc) is 2.89. The van der Waals surface area contributed by atoms with Crippen LogP contribution >= 0.6 is 34.7 Å². The molecule has 1 N–H and O–H groups in total. The van der Waals surface area contributed by atoms with Crippen LogP contribution in [0.15, 0.2) is 18.2 Å². The van der Waals surface area contributed by atoms with Crippen molar-refractivity contribution in [1.82, 2.24) is 14.9 Å². The van der Waals surface area contributed by atoms with Crippen LogP contribution < -0.4 is 5.32 Å². The molecule has 0 aliphatic heterocycles. The quantitative estimate of drug-likeness (QED) is 0.858. The Bertz CT molecular complexity index is 571. The number of likely N-dealkylation sites (N-methyl/N-ethyl adjacent to an activating group) is 1. The lowest BCUT2D eigenvalue weighted by molar-refractivity contribution is 0.553. The number of aromatic nitrogens is 2. The van der Waals surface area contributed by atoms with Crippen LogP contribution in [-0.4, -0.2) is 16.1 Å². The summed E-state index contributed by atoms with van der Waals surface area (Å²) in [5.74, 6) is 0. The zero-order chi connectivity index (χ0) is 14.5. The Labute approximate surface area is 133 Å². The van der Waals surface area contributed by atoms with Crippen LogP contribution in [0.1, 0.15) is 36.0 Å². The van der Waals surface area contributed by atoms with Gasteiger partial charge in [-0.05, 0) is 48.6 Å². The van der Waals surface area contributed by atoms with Crippen LogP contribution in [0.2, 0.25) is 10.0 Å². The number of hydrogen-bond donors (Lipinski definition) is 1. The fourth-order valence-corrected chi connectivity index (χ4v) is 3.43. The summed E-state index contributed by atoms with van der Waals surface area (Å²) in [6, 6.07) is 5.83. The molecule has 2 rings (SSSR count). The fraction of sp³-hybridized carbons (Fsp3) is 0.429. The smallest absolute Gasteiger partial charge is 0.0801 e. The third-order valence-electron chi connectivity index (χ3n) is 3.13. The van der Waals surface area contributed by atoms with Crippen molar-refractivity contribution in [2.75, 3.05) is 6.54 Å². The Morgan fingerprint density at radius 3 is 2.75 bits per heavy atom. The standard InChI is InChI=1S/C14H17Cl2N3S/c1-3-12-14(20-19-18-12)13(17-4-2)7-9-5-6-10(15)8-11(9)16/h5-6,8,13,17H,3-4,7H2,1-2H3. The van der Waals surface area contributed by atoms with Gasteiger partial charge in [0, 0.05) is 16.1 Å². The Kier molecular flexibility index (Phi) is 5.78. The van der Waals surface area contributed by atoms with Crippen molar-refractivity contribution >= 4 is 34.7 Å². The molecule has 3 nitrogen and oxygen atoms in total. The van der Waals surface area contributed by atoms with Gasteiger partial charge in [0.1, 0.15) is 0 Å². The number of benzene rings is 1. The number of aryl methyl sites for hydroxylation is 1. The second-order valence-corrected chi connectivity index (χ2v) is 6.12. The summed E-state index contributed by atoms with van der Waals surface area (Å²) < 4.78 is 4.07. The molecule has 1 heterocycles. The lowest BCUT2D eigenvalue weighted by atomic mass is 10.0. The first-order chi connectivity index (χ1) is 9.65. The average molecular weight is 330 g/mol. The first-order valence-electron chi connectivity index (χ1n) is 6.64. The van der Waals surface area contributed by atoms with E-state index in [4.69, 9.17) is 23.2 Å². The summed E-state index contributed by atoms with van der Waals surface area (Å²) in [6.07, 6.45) is 1.70. The first kappa shape index (κ1) is 15.7. The van der Waals surface area contributed by atoms with Crippen molar-refractivity contribution < 1.29 is 0 Å². The van der Waals surface area contributed by atoms with Gasteiger partial charge in [-0.25, -0.2) is 0 Å². The Morgan fingerprint density at radius 2 is 2.10 bits per heavy atom. The highest BCUT2D eigenvalue weighted by Crippen LogP contribution is 2.29. The SMILES string of the molecule is CCNC(Cc1ccc(Cl)cc1Cl)c1snnc1CC. The highest BCUT2D eigenvalue weighted by molar-refractivity contribution is 7.05. The van der Waals surface area contributed by atoms with Crippen molar-refractivity contribution in [3.8, 4) is 0 Å². The summed E-state index contributed by atoms with van der Waals surface area (Å²) in [5, 5.41) is 9.04. The van der Waals surface area contributed by atoms with E-state index in [1.54, 1.807) is 6.07 Å². The Morgan fingerprint density at radius 1 is 1.30 bits per heavy atom. The van der Waals surface area contributed by atoms with E-state index in [1.807, 2.05) is 12.1 Å². The molecule has 0 spiro atoms. The van der Waals surface area contributed by atoms with Crippen LogP contribution in [-0.2, 0) is 12.8 Å². The third-order valence-corrected chi connectivity index (χ3v) is 4.59. The lowest BCUT2D eigenvalue weighted by Gasteiger charge is -2.18. The molecule has 0 bridgehead atoms. The summed E-state index contributed by atoms with van der Waals surface area (Å²) in [7, 11) is 0. The van der Waals surface area contributed by atoms with Gasteiger partial charge >= 0.3 is 0 Å². The van der Waals surface area contributed by atoms with Gasteiger partial charge in [0.2, 0.25) is 0 Å². The first-order valence-corrected chi connectivity index (χ1v) is 8.17. The maximum absolute atomic E-state index is 6.27. The number of hydrogen-bond acceptors (Lipinski definition) is 4.